The van der Waals surface area contributed by atoms with Crippen LogP contribution < -0.4 is 4.90 Å². The largest absolute Gasteiger partial charge is 0.346 e. The van der Waals surface area contributed by atoms with Gasteiger partial charge in [0.1, 0.15) is 5.01 Å². The summed E-state index contributed by atoms with van der Waals surface area (Å²) < 4.78 is 0. The number of thiazole rings is 2. The van der Waals surface area contributed by atoms with Gasteiger partial charge in [-0.25, -0.2) is 9.97 Å². The highest BCUT2D eigenvalue weighted by molar-refractivity contribution is 7.13. The molecule has 124 valence electrons. The van der Waals surface area contributed by atoms with Gasteiger partial charge in [-0.1, -0.05) is 29.8 Å². The van der Waals surface area contributed by atoms with E-state index >= 15 is 0 Å². The lowest BCUT2D eigenvalue weighted by atomic mass is 10.2. The Kier molecular flexibility index (Phi) is 4.80. The molecule has 0 N–H and O–H groups in total. The fraction of sp³-hybridized carbons (Fsp3) is 0.294. The van der Waals surface area contributed by atoms with E-state index in [4.69, 9.17) is 16.6 Å². The molecule has 4 rings (SSSR count). The number of nitrogens with zero attached hydrogens (tertiary/aromatic N) is 4. The smallest absolute Gasteiger partial charge is 0.185 e. The molecule has 7 heteroatoms. The van der Waals surface area contributed by atoms with E-state index in [2.05, 4.69) is 20.2 Å². The summed E-state index contributed by atoms with van der Waals surface area (Å²) >= 11 is 9.64. The van der Waals surface area contributed by atoms with Gasteiger partial charge in [-0.2, -0.15) is 0 Å². The van der Waals surface area contributed by atoms with Crippen molar-refractivity contribution < 1.29 is 0 Å². The van der Waals surface area contributed by atoms with E-state index < -0.39 is 0 Å². The lowest BCUT2D eigenvalue weighted by molar-refractivity contribution is 0.247. The van der Waals surface area contributed by atoms with E-state index in [0.29, 0.717) is 0 Å². The van der Waals surface area contributed by atoms with Gasteiger partial charge in [0.05, 0.1) is 10.7 Å². The van der Waals surface area contributed by atoms with Crippen LogP contribution in [0.25, 0.3) is 10.6 Å². The van der Waals surface area contributed by atoms with Gasteiger partial charge in [-0.15, -0.1) is 22.7 Å². The van der Waals surface area contributed by atoms with E-state index in [1.54, 1.807) is 22.7 Å². The molecule has 0 saturated carbocycles. The summed E-state index contributed by atoms with van der Waals surface area (Å²) in [5, 5.41) is 7.07. The van der Waals surface area contributed by atoms with Gasteiger partial charge in [0.2, 0.25) is 0 Å². The van der Waals surface area contributed by atoms with Crippen molar-refractivity contribution in [3.63, 3.8) is 0 Å². The summed E-state index contributed by atoms with van der Waals surface area (Å²) in [4.78, 5) is 14.0. The first-order chi connectivity index (χ1) is 11.8. The van der Waals surface area contributed by atoms with Crippen LogP contribution in [0.1, 0.15) is 5.69 Å². The molecule has 2 aromatic heterocycles. The summed E-state index contributed by atoms with van der Waals surface area (Å²) in [6, 6.07) is 7.88. The van der Waals surface area contributed by atoms with Crippen molar-refractivity contribution in [2.75, 3.05) is 31.1 Å². The van der Waals surface area contributed by atoms with Crippen LogP contribution in [-0.4, -0.2) is 41.0 Å². The molecule has 0 spiro atoms. The average Bonchev–Trinajstić information content (AvgIpc) is 3.28. The molecule has 0 bridgehead atoms. The first kappa shape index (κ1) is 16.0. The molecule has 3 heterocycles. The predicted molar refractivity (Wildman–Crippen MR) is 102 cm³/mol. The molecule has 4 nitrogen and oxygen atoms in total. The molecule has 1 fully saturated rings. The molecular weight excluding hydrogens is 360 g/mol. The Bertz CT molecular complexity index is 795. The Labute approximate surface area is 154 Å². The maximum Gasteiger partial charge on any atom is 0.185 e. The summed E-state index contributed by atoms with van der Waals surface area (Å²) in [5.74, 6) is 0. The van der Waals surface area contributed by atoms with Crippen molar-refractivity contribution in [2.45, 2.75) is 6.54 Å². The molecule has 0 atom stereocenters. The molecule has 0 unspecified atom stereocenters. The lowest BCUT2D eigenvalue weighted by Gasteiger charge is -2.34. The van der Waals surface area contributed by atoms with Crippen molar-refractivity contribution >= 4 is 39.4 Å². The highest BCUT2D eigenvalue weighted by Gasteiger charge is 2.19. The van der Waals surface area contributed by atoms with Crippen molar-refractivity contribution in [1.29, 1.82) is 0 Å². The van der Waals surface area contributed by atoms with Gasteiger partial charge < -0.3 is 4.90 Å². The normalized spacial score (nSPS) is 15.8. The zero-order valence-electron chi connectivity index (χ0n) is 13.1. The van der Waals surface area contributed by atoms with E-state index in [1.807, 2.05) is 35.8 Å². The first-order valence-corrected chi connectivity index (χ1v) is 9.99. The van der Waals surface area contributed by atoms with Crippen LogP contribution >= 0.6 is 34.3 Å². The fourth-order valence-corrected chi connectivity index (χ4v) is 4.66. The number of hydrogen-bond donors (Lipinski definition) is 0. The molecule has 1 saturated heterocycles. The second-order valence-corrected chi connectivity index (χ2v) is 7.84. The number of halogens is 1. The maximum atomic E-state index is 6.27. The lowest BCUT2D eigenvalue weighted by Crippen LogP contribution is -2.45. The van der Waals surface area contributed by atoms with Crippen LogP contribution in [0.4, 0.5) is 5.13 Å². The summed E-state index contributed by atoms with van der Waals surface area (Å²) in [5.41, 5.74) is 2.14. The standard InChI is InChI=1S/C17H17ClN4S2/c18-15-4-2-1-3-14(15)16-20-13(12-24-16)11-21-6-8-22(9-7-21)17-19-5-10-23-17/h1-5,10,12H,6-9,11H2. The van der Waals surface area contributed by atoms with E-state index in [0.717, 1.165) is 59.1 Å². The summed E-state index contributed by atoms with van der Waals surface area (Å²) in [7, 11) is 0. The van der Waals surface area contributed by atoms with Gasteiger partial charge in [0.15, 0.2) is 5.13 Å². The summed E-state index contributed by atoms with van der Waals surface area (Å²) in [6.07, 6.45) is 1.87. The van der Waals surface area contributed by atoms with Gasteiger partial charge in [-0.3, -0.25) is 4.90 Å². The molecule has 0 radical (unpaired) electrons. The average molecular weight is 377 g/mol. The first-order valence-electron chi connectivity index (χ1n) is 7.86. The third kappa shape index (κ3) is 3.47. The highest BCUT2D eigenvalue weighted by Crippen LogP contribution is 2.30. The quantitative estimate of drug-likeness (QED) is 0.681. The van der Waals surface area contributed by atoms with E-state index in [1.165, 1.54) is 0 Å². The van der Waals surface area contributed by atoms with Crippen LogP contribution in [0.3, 0.4) is 0 Å². The minimum Gasteiger partial charge on any atom is -0.346 e. The number of rotatable bonds is 4. The molecule has 1 aromatic carbocycles. The van der Waals surface area contributed by atoms with Gasteiger partial charge in [-0.05, 0) is 6.07 Å². The maximum absolute atomic E-state index is 6.27. The Balaban J connectivity index is 1.38. The van der Waals surface area contributed by atoms with Crippen LogP contribution in [0.2, 0.25) is 5.02 Å². The zero-order valence-corrected chi connectivity index (χ0v) is 15.4. The van der Waals surface area contributed by atoms with Crippen molar-refractivity contribution in [3.8, 4) is 10.6 Å². The Hall–Kier alpha value is -1.47. The molecule has 3 aromatic rings. The molecular formula is C17H17ClN4S2. The van der Waals surface area contributed by atoms with Crippen molar-refractivity contribution in [2.24, 2.45) is 0 Å². The molecule has 1 aliphatic heterocycles. The van der Waals surface area contributed by atoms with Gasteiger partial charge in [0, 0.05) is 55.2 Å². The monoisotopic (exact) mass is 376 g/mol. The Morgan fingerprint density at radius 1 is 1.08 bits per heavy atom. The highest BCUT2D eigenvalue weighted by atomic mass is 35.5. The number of piperazine rings is 1. The molecule has 0 amide bonds. The second kappa shape index (κ2) is 7.19. The SMILES string of the molecule is Clc1ccccc1-c1nc(CN2CCN(c3nccs3)CC2)cs1. The Morgan fingerprint density at radius 2 is 1.92 bits per heavy atom. The topological polar surface area (TPSA) is 32.3 Å². The fourth-order valence-electron chi connectivity index (χ4n) is 2.84. The number of benzene rings is 1. The number of aromatic nitrogens is 2. The van der Waals surface area contributed by atoms with Crippen LogP contribution in [0.5, 0.6) is 0 Å². The third-order valence-corrected chi connectivity index (χ3v) is 6.19. The zero-order chi connectivity index (χ0) is 16.4. The third-order valence-electron chi connectivity index (χ3n) is 4.10. The van der Waals surface area contributed by atoms with E-state index in [-0.39, 0.29) is 0 Å². The van der Waals surface area contributed by atoms with Crippen LogP contribution in [-0.2, 0) is 6.54 Å². The minimum atomic E-state index is 0.760. The van der Waals surface area contributed by atoms with Gasteiger partial charge in [0.25, 0.3) is 0 Å². The predicted octanol–water partition coefficient (Wildman–Crippen LogP) is 4.24. The van der Waals surface area contributed by atoms with Crippen LogP contribution in [0, 0.1) is 0 Å². The molecule has 0 aliphatic carbocycles. The minimum absolute atomic E-state index is 0.760. The van der Waals surface area contributed by atoms with Crippen LogP contribution in [0.15, 0.2) is 41.2 Å². The van der Waals surface area contributed by atoms with Crippen molar-refractivity contribution in [3.05, 3.63) is 51.9 Å². The molecule has 24 heavy (non-hydrogen) atoms. The van der Waals surface area contributed by atoms with Crippen molar-refractivity contribution in [1.82, 2.24) is 14.9 Å². The molecule has 1 aliphatic rings. The van der Waals surface area contributed by atoms with E-state index in [9.17, 15) is 0 Å². The second-order valence-electron chi connectivity index (χ2n) is 5.70. The number of hydrogen-bond acceptors (Lipinski definition) is 6. The Morgan fingerprint density at radius 3 is 2.67 bits per heavy atom. The summed E-state index contributed by atoms with van der Waals surface area (Å²) in [6.45, 7) is 5.02. The van der Waals surface area contributed by atoms with Gasteiger partial charge >= 0.3 is 0 Å². The number of anilines is 1.